The SMILES string of the molecule is [C-]#[N+]Cc1nc(-c2cc(C(=O)N3CC(F)(c4ccc(C#N)cc4)C3)c(C)cc2C)c(C)[nH]1. The van der Waals surface area contributed by atoms with Gasteiger partial charge in [-0.1, -0.05) is 18.2 Å². The number of nitriles is 1. The van der Waals surface area contributed by atoms with Gasteiger partial charge in [0.2, 0.25) is 0 Å². The molecular formula is C25H22FN5O. The number of nitrogens with zero attached hydrogens (tertiary/aromatic N) is 4. The monoisotopic (exact) mass is 427 g/mol. The molecule has 0 saturated carbocycles. The lowest BCUT2D eigenvalue weighted by atomic mass is 9.86. The normalized spacial score (nSPS) is 14.4. The molecule has 1 aliphatic rings. The fraction of sp³-hybridized carbons (Fsp3) is 0.280. The number of carbonyl (C=O) groups excluding carboxylic acids is 1. The molecule has 1 N–H and O–H groups in total. The average Bonchev–Trinajstić information content (AvgIpc) is 3.11. The molecule has 1 aromatic heterocycles. The molecule has 2 aromatic carbocycles. The number of alkyl halides is 1. The van der Waals surface area contributed by atoms with E-state index < -0.39 is 5.67 Å². The number of aromatic nitrogens is 2. The van der Waals surface area contributed by atoms with Crippen LogP contribution >= 0.6 is 0 Å². The predicted molar refractivity (Wildman–Crippen MR) is 118 cm³/mol. The first kappa shape index (κ1) is 21.3. The second-order valence-corrected chi connectivity index (χ2v) is 8.27. The summed E-state index contributed by atoms with van der Waals surface area (Å²) in [5, 5.41) is 8.92. The van der Waals surface area contributed by atoms with Gasteiger partial charge in [-0.15, -0.1) is 0 Å². The van der Waals surface area contributed by atoms with Crippen LogP contribution in [0, 0.1) is 38.7 Å². The zero-order valence-corrected chi connectivity index (χ0v) is 18.2. The molecule has 1 fully saturated rings. The highest BCUT2D eigenvalue weighted by Gasteiger charge is 2.47. The lowest BCUT2D eigenvalue weighted by Crippen LogP contribution is -2.58. The number of hydrogen-bond acceptors (Lipinski definition) is 3. The van der Waals surface area contributed by atoms with Gasteiger partial charge in [-0.3, -0.25) is 4.79 Å². The summed E-state index contributed by atoms with van der Waals surface area (Å²) in [7, 11) is 0. The van der Waals surface area contributed by atoms with Crippen molar-refractivity contribution in [2.45, 2.75) is 33.0 Å². The molecule has 160 valence electrons. The maximum atomic E-state index is 15.3. The Balaban J connectivity index is 1.59. The van der Waals surface area contributed by atoms with Crippen molar-refractivity contribution in [3.63, 3.8) is 0 Å². The summed E-state index contributed by atoms with van der Waals surface area (Å²) in [5.74, 6) is 0.368. The van der Waals surface area contributed by atoms with Crippen molar-refractivity contribution in [1.82, 2.24) is 14.9 Å². The Labute approximate surface area is 186 Å². The second-order valence-electron chi connectivity index (χ2n) is 8.27. The number of nitrogens with one attached hydrogen (secondary N) is 1. The smallest absolute Gasteiger partial charge is 0.271 e. The van der Waals surface area contributed by atoms with Crippen molar-refractivity contribution < 1.29 is 9.18 Å². The van der Waals surface area contributed by atoms with Gasteiger partial charge in [-0.2, -0.15) is 5.26 Å². The first-order valence-electron chi connectivity index (χ1n) is 10.2. The van der Waals surface area contributed by atoms with E-state index in [-0.39, 0.29) is 25.5 Å². The molecule has 0 atom stereocenters. The molecule has 4 rings (SSSR count). The van der Waals surface area contributed by atoms with Crippen LogP contribution in [0.2, 0.25) is 0 Å². The highest BCUT2D eigenvalue weighted by Crippen LogP contribution is 2.38. The number of carbonyl (C=O) groups is 1. The molecule has 0 unspecified atom stereocenters. The number of aryl methyl sites for hydroxylation is 3. The van der Waals surface area contributed by atoms with E-state index in [0.717, 1.165) is 28.1 Å². The third-order valence-electron chi connectivity index (χ3n) is 5.92. The Bertz CT molecular complexity index is 1290. The van der Waals surface area contributed by atoms with Crippen molar-refractivity contribution in [3.05, 3.63) is 87.2 Å². The van der Waals surface area contributed by atoms with Crippen LogP contribution < -0.4 is 0 Å². The Kier molecular flexibility index (Phi) is 5.28. The van der Waals surface area contributed by atoms with Crippen LogP contribution in [0.3, 0.4) is 0 Å². The van der Waals surface area contributed by atoms with Gasteiger partial charge in [0, 0.05) is 16.8 Å². The van der Waals surface area contributed by atoms with Crippen molar-refractivity contribution >= 4 is 5.91 Å². The molecular weight excluding hydrogens is 405 g/mol. The van der Waals surface area contributed by atoms with E-state index >= 15 is 4.39 Å². The summed E-state index contributed by atoms with van der Waals surface area (Å²) < 4.78 is 15.3. The van der Waals surface area contributed by atoms with Crippen LogP contribution in [-0.4, -0.2) is 33.9 Å². The average molecular weight is 427 g/mol. The van der Waals surface area contributed by atoms with Crippen molar-refractivity contribution in [1.29, 1.82) is 5.26 Å². The van der Waals surface area contributed by atoms with Gasteiger partial charge in [0.1, 0.15) is 0 Å². The van der Waals surface area contributed by atoms with Crippen molar-refractivity contribution in [3.8, 4) is 17.3 Å². The summed E-state index contributed by atoms with van der Waals surface area (Å²) >= 11 is 0. The molecule has 0 spiro atoms. The van der Waals surface area contributed by atoms with Gasteiger partial charge in [0.25, 0.3) is 12.5 Å². The first-order chi connectivity index (χ1) is 15.3. The Morgan fingerprint density at radius 2 is 1.94 bits per heavy atom. The van der Waals surface area contributed by atoms with Crippen molar-refractivity contribution in [2.75, 3.05) is 13.1 Å². The molecule has 7 heteroatoms. The Hall–Kier alpha value is -3.97. The number of H-pyrrole nitrogens is 1. The molecule has 0 aliphatic carbocycles. The lowest BCUT2D eigenvalue weighted by molar-refractivity contribution is -0.0231. The number of benzene rings is 2. The number of halogens is 1. The number of rotatable bonds is 4. The van der Waals surface area contributed by atoms with Gasteiger partial charge in [-0.05, 0) is 55.7 Å². The summed E-state index contributed by atoms with van der Waals surface area (Å²) in [6.45, 7) is 12.9. The summed E-state index contributed by atoms with van der Waals surface area (Å²) in [5.41, 5.74) is 4.02. The third-order valence-corrected chi connectivity index (χ3v) is 5.92. The standard InChI is InChI=1S/C25H22FN5O/c1-15-9-16(2)21(10-20(15)23-17(3)29-22(30-23)12-28-4)24(32)31-13-25(26,14-31)19-7-5-18(11-27)6-8-19/h5-10H,12-14H2,1-3H3,(H,29,30). The number of aromatic amines is 1. The van der Waals surface area contributed by atoms with Crippen LogP contribution in [0.25, 0.3) is 16.1 Å². The van der Waals surface area contributed by atoms with Crippen LogP contribution in [0.1, 0.15) is 44.1 Å². The van der Waals surface area contributed by atoms with Gasteiger partial charge in [-0.25, -0.2) is 15.9 Å². The Morgan fingerprint density at radius 3 is 2.56 bits per heavy atom. The molecule has 1 saturated heterocycles. The Morgan fingerprint density at radius 1 is 1.25 bits per heavy atom. The van der Waals surface area contributed by atoms with Gasteiger partial charge < -0.3 is 14.7 Å². The lowest BCUT2D eigenvalue weighted by Gasteiger charge is -2.45. The molecule has 0 bridgehead atoms. The van der Waals surface area contributed by atoms with E-state index in [4.69, 9.17) is 11.8 Å². The maximum absolute atomic E-state index is 15.3. The molecule has 32 heavy (non-hydrogen) atoms. The number of hydrogen-bond donors (Lipinski definition) is 1. The fourth-order valence-electron chi connectivity index (χ4n) is 4.17. The second kappa shape index (κ2) is 7.94. The van der Waals surface area contributed by atoms with E-state index in [1.807, 2.05) is 39.0 Å². The van der Waals surface area contributed by atoms with Gasteiger partial charge in [0.05, 0.1) is 30.4 Å². The highest BCUT2D eigenvalue weighted by atomic mass is 19.1. The minimum atomic E-state index is -1.61. The molecule has 2 heterocycles. The largest absolute Gasteiger partial charge is 0.339 e. The highest BCUT2D eigenvalue weighted by molar-refractivity contribution is 5.98. The van der Waals surface area contributed by atoms with Crippen LogP contribution in [0.4, 0.5) is 4.39 Å². The molecule has 1 amide bonds. The van der Waals surface area contributed by atoms with Crippen molar-refractivity contribution in [2.24, 2.45) is 0 Å². The molecule has 6 nitrogen and oxygen atoms in total. The summed E-state index contributed by atoms with van der Waals surface area (Å²) in [6.07, 6.45) is 0. The van der Waals surface area contributed by atoms with Crippen LogP contribution in [-0.2, 0) is 12.2 Å². The summed E-state index contributed by atoms with van der Waals surface area (Å²) in [6, 6.07) is 12.2. The van der Waals surface area contributed by atoms with Crippen LogP contribution in [0.15, 0.2) is 36.4 Å². The number of likely N-dealkylation sites (tertiary alicyclic amines) is 1. The topological polar surface area (TPSA) is 77.1 Å². The predicted octanol–water partition coefficient (Wildman–Crippen LogP) is 4.61. The van der Waals surface area contributed by atoms with E-state index in [0.29, 0.717) is 22.5 Å². The molecule has 0 radical (unpaired) electrons. The van der Waals surface area contributed by atoms with E-state index in [9.17, 15) is 4.79 Å². The minimum absolute atomic E-state index is 0.0308. The number of imidazole rings is 1. The summed E-state index contributed by atoms with van der Waals surface area (Å²) in [4.78, 5) is 25.7. The zero-order valence-electron chi connectivity index (χ0n) is 18.2. The van der Waals surface area contributed by atoms with Crippen LogP contribution in [0.5, 0.6) is 0 Å². The van der Waals surface area contributed by atoms with E-state index in [2.05, 4.69) is 14.8 Å². The minimum Gasteiger partial charge on any atom is -0.339 e. The molecule has 1 aliphatic heterocycles. The maximum Gasteiger partial charge on any atom is 0.271 e. The van der Waals surface area contributed by atoms with Gasteiger partial charge in [0.15, 0.2) is 11.5 Å². The molecule has 3 aromatic rings. The third kappa shape index (κ3) is 3.63. The first-order valence-corrected chi connectivity index (χ1v) is 10.2. The van der Waals surface area contributed by atoms with E-state index in [1.54, 1.807) is 24.3 Å². The quantitative estimate of drug-likeness (QED) is 0.618. The van der Waals surface area contributed by atoms with Gasteiger partial charge >= 0.3 is 0 Å². The number of amides is 1. The van der Waals surface area contributed by atoms with E-state index in [1.165, 1.54) is 4.90 Å². The zero-order chi connectivity index (χ0) is 23.0. The fourth-order valence-corrected chi connectivity index (χ4v) is 4.17.